The molecule has 2 nitrogen and oxygen atoms in total. The maximum absolute atomic E-state index is 5.51. The van der Waals surface area contributed by atoms with E-state index in [0.29, 0.717) is 12.5 Å². The molecule has 0 fully saturated rings. The minimum atomic E-state index is 0.606. The van der Waals surface area contributed by atoms with Crippen molar-refractivity contribution >= 4 is 11.3 Å². The molecule has 0 aliphatic rings. The van der Waals surface area contributed by atoms with E-state index in [9.17, 15) is 0 Å². The summed E-state index contributed by atoms with van der Waals surface area (Å²) in [4.78, 5) is 2.49. The van der Waals surface area contributed by atoms with Crippen LogP contribution in [0.15, 0.2) is 12.1 Å². The van der Waals surface area contributed by atoms with Crippen LogP contribution in [0.25, 0.3) is 0 Å². The van der Waals surface area contributed by atoms with Gasteiger partial charge < -0.3 is 10.5 Å². The molecule has 0 atom stereocenters. The number of ether oxygens (including phenoxy) is 1. The van der Waals surface area contributed by atoms with E-state index in [1.54, 1.807) is 11.3 Å². The summed E-state index contributed by atoms with van der Waals surface area (Å²) >= 11 is 1.73. The lowest BCUT2D eigenvalue weighted by atomic mass is 10.2. The Hall–Kier alpha value is -0.380. The average molecular weight is 199 g/mol. The minimum absolute atomic E-state index is 0.606. The fraction of sp³-hybridized carbons (Fsp3) is 0.600. The van der Waals surface area contributed by atoms with Gasteiger partial charge in [0, 0.05) is 22.9 Å². The molecule has 0 amide bonds. The maximum Gasteiger partial charge on any atom is 0.0809 e. The van der Waals surface area contributed by atoms with Crippen LogP contribution in [0, 0.1) is 5.92 Å². The predicted molar refractivity (Wildman–Crippen MR) is 56.7 cm³/mol. The zero-order valence-electron chi connectivity index (χ0n) is 8.25. The zero-order valence-corrected chi connectivity index (χ0v) is 9.06. The first kappa shape index (κ1) is 10.7. The van der Waals surface area contributed by atoms with E-state index in [2.05, 4.69) is 26.0 Å². The van der Waals surface area contributed by atoms with Crippen LogP contribution >= 0.6 is 11.3 Å². The largest absolute Gasteiger partial charge is 0.376 e. The minimum Gasteiger partial charge on any atom is -0.376 e. The third kappa shape index (κ3) is 3.89. The maximum atomic E-state index is 5.51. The van der Waals surface area contributed by atoms with Gasteiger partial charge in [0.1, 0.15) is 0 Å². The molecule has 0 saturated carbocycles. The highest BCUT2D eigenvalue weighted by atomic mass is 32.1. The Kier molecular flexibility index (Phi) is 4.42. The first-order valence-corrected chi connectivity index (χ1v) is 5.39. The van der Waals surface area contributed by atoms with Crippen molar-refractivity contribution in [1.82, 2.24) is 0 Å². The lowest BCUT2D eigenvalue weighted by Gasteiger charge is -2.04. The molecule has 0 aromatic carbocycles. The van der Waals surface area contributed by atoms with Gasteiger partial charge in [-0.05, 0) is 18.1 Å². The molecule has 2 N–H and O–H groups in total. The highest BCUT2D eigenvalue weighted by molar-refractivity contribution is 7.11. The Bertz CT molecular complexity index is 245. The highest BCUT2D eigenvalue weighted by Gasteiger charge is 1.99. The summed E-state index contributed by atoms with van der Waals surface area (Å²) in [7, 11) is 0. The first-order chi connectivity index (χ1) is 6.22. The third-order valence-electron chi connectivity index (χ3n) is 1.61. The number of hydrogen-bond donors (Lipinski definition) is 1. The van der Waals surface area contributed by atoms with Crippen LogP contribution in [0.1, 0.15) is 23.6 Å². The molecule has 3 heteroatoms. The molecule has 1 rings (SSSR count). The SMILES string of the molecule is CC(C)COCc1ccc(CN)s1. The summed E-state index contributed by atoms with van der Waals surface area (Å²) in [5.74, 6) is 0.606. The topological polar surface area (TPSA) is 35.2 Å². The normalized spacial score (nSPS) is 11.1. The van der Waals surface area contributed by atoms with E-state index >= 15 is 0 Å². The Morgan fingerprint density at radius 2 is 2.08 bits per heavy atom. The van der Waals surface area contributed by atoms with Crippen LogP contribution in [0.2, 0.25) is 0 Å². The number of hydrogen-bond acceptors (Lipinski definition) is 3. The number of rotatable bonds is 5. The summed E-state index contributed by atoms with van der Waals surface area (Å²) in [6.07, 6.45) is 0. The second-order valence-electron chi connectivity index (χ2n) is 3.48. The second-order valence-corrected chi connectivity index (χ2v) is 4.73. The van der Waals surface area contributed by atoms with Crippen molar-refractivity contribution in [1.29, 1.82) is 0 Å². The lowest BCUT2D eigenvalue weighted by molar-refractivity contribution is 0.0989. The quantitative estimate of drug-likeness (QED) is 0.790. The van der Waals surface area contributed by atoms with E-state index in [-0.39, 0.29) is 0 Å². The Labute approximate surface area is 83.7 Å². The summed E-state index contributed by atoms with van der Waals surface area (Å²) < 4.78 is 5.51. The van der Waals surface area contributed by atoms with Crippen LogP contribution in [-0.2, 0) is 17.9 Å². The van der Waals surface area contributed by atoms with Crippen molar-refractivity contribution in [2.24, 2.45) is 11.7 Å². The van der Waals surface area contributed by atoms with Crippen LogP contribution < -0.4 is 5.73 Å². The predicted octanol–water partition coefficient (Wildman–Crippen LogP) is 2.38. The van der Waals surface area contributed by atoms with E-state index in [1.807, 2.05) is 0 Å². The molecule has 1 heterocycles. The van der Waals surface area contributed by atoms with Gasteiger partial charge in [-0.1, -0.05) is 13.8 Å². The average Bonchev–Trinajstić information content (AvgIpc) is 2.52. The molecular weight excluding hydrogens is 182 g/mol. The Balaban J connectivity index is 2.28. The van der Waals surface area contributed by atoms with Crippen LogP contribution in [0.5, 0.6) is 0 Å². The highest BCUT2D eigenvalue weighted by Crippen LogP contribution is 2.16. The molecular formula is C10H17NOS. The van der Waals surface area contributed by atoms with Crippen molar-refractivity contribution < 1.29 is 4.74 Å². The molecule has 1 aromatic heterocycles. The third-order valence-corrected chi connectivity index (χ3v) is 2.70. The summed E-state index contributed by atoms with van der Waals surface area (Å²) in [5, 5.41) is 0. The van der Waals surface area contributed by atoms with Gasteiger partial charge in [0.05, 0.1) is 6.61 Å². The monoisotopic (exact) mass is 199 g/mol. The van der Waals surface area contributed by atoms with Gasteiger partial charge >= 0.3 is 0 Å². The van der Waals surface area contributed by atoms with E-state index < -0.39 is 0 Å². The Morgan fingerprint density at radius 1 is 1.38 bits per heavy atom. The summed E-state index contributed by atoms with van der Waals surface area (Å²) in [6.45, 7) is 6.49. The molecule has 0 bridgehead atoms. The van der Waals surface area contributed by atoms with Crippen molar-refractivity contribution in [3.05, 3.63) is 21.9 Å². The second kappa shape index (κ2) is 5.37. The van der Waals surface area contributed by atoms with Crippen molar-refractivity contribution in [3.63, 3.8) is 0 Å². The smallest absolute Gasteiger partial charge is 0.0809 e. The Morgan fingerprint density at radius 3 is 2.62 bits per heavy atom. The lowest BCUT2D eigenvalue weighted by Crippen LogP contribution is -2.00. The molecule has 13 heavy (non-hydrogen) atoms. The fourth-order valence-corrected chi connectivity index (χ4v) is 1.84. The van der Waals surface area contributed by atoms with Gasteiger partial charge in [0.15, 0.2) is 0 Å². The van der Waals surface area contributed by atoms with Crippen LogP contribution in [0.4, 0.5) is 0 Å². The van der Waals surface area contributed by atoms with Crippen molar-refractivity contribution in [2.75, 3.05) is 6.61 Å². The molecule has 0 aliphatic carbocycles. The van der Waals surface area contributed by atoms with Gasteiger partial charge in [0.2, 0.25) is 0 Å². The van der Waals surface area contributed by atoms with E-state index in [1.165, 1.54) is 9.75 Å². The fourth-order valence-electron chi connectivity index (χ4n) is 1.00. The van der Waals surface area contributed by atoms with E-state index in [0.717, 1.165) is 13.2 Å². The van der Waals surface area contributed by atoms with Gasteiger partial charge in [-0.25, -0.2) is 0 Å². The molecule has 0 unspecified atom stereocenters. The standard InChI is InChI=1S/C10H17NOS/c1-8(2)6-12-7-10-4-3-9(5-11)13-10/h3-4,8H,5-7,11H2,1-2H3. The number of thiophene rings is 1. The van der Waals surface area contributed by atoms with Gasteiger partial charge in [-0.15, -0.1) is 11.3 Å². The van der Waals surface area contributed by atoms with Crippen molar-refractivity contribution in [3.8, 4) is 0 Å². The summed E-state index contributed by atoms with van der Waals surface area (Å²) in [6, 6.07) is 4.16. The van der Waals surface area contributed by atoms with Gasteiger partial charge in [-0.2, -0.15) is 0 Å². The number of nitrogens with two attached hydrogens (primary N) is 1. The van der Waals surface area contributed by atoms with Gasteiger partial charge in [-0.3, -0.25) is 0 Å². The molecule has 74 valence electrons. The molecule has 1 aromatic rings. The molecule has 0 saturated heterocycles. The summed E-state index contributed by atoms with van der Waals surface area (Å²) in [5.41, 5.74) is 5.51. The first-order valence-electron chi connectivity index (χ1n) is 4.57. The van der Waals surface area contributed by atoms with Crippen LogP contribution in [0.3, 0.4) is 0 Å². The van der Waals surface area contributed by atoms with Crippen LogP contribution in [-0.4, -0.2) is 6.61 Å². The van der Waals surface area contributed by atoms with Gasteiger partial charge in [0.25, 0.3) is 0 Å². The van der Waals surface area contributed by atoms with Crippen molar-refractivity contribution in [2.45, 2.75) is 27.0 Å². The van der Waals surface area contributed by atoms with E-state index in [4.69, 9.17) is 10.5 Å². The zero-order chi connectivity index (χ0) is 9.68. The molecule has 0 aliphatic heterocycles. The molecule has 0 spiro atoms. The molecule has 0 radical (unpaired) electrons.